The highest BCUT2D eigenvalue weighted by Crippen LogP contribution is 2.38. The number of imidazole rings is 1. The van der Waals surface area contributed by atoms with Crippen molar-refractivity contribution in [1.82, 2.24) is 9.97 Å². The number of halogens is 1. The summed E-state index contributed by atoms with van der Waals surface area (Å²) in [6.45, 7) is 13.1. The highest BCUT2D eigenvalue weighted by molar-refractivity contribution is 5.96. The molecule has 0 fully saturated rings. The minimum Gasteiger partial charge on any atom is -0.494 e. The second-order valence-electron chi connectivity index (χ2n) is 13.4. The van der Waals surface area contributed by atoms with Crippen LogP contribution >= 0.6 is 0 Å². The number of amides is 1. The van der Waals surface area contributed by atoms with Crippen molar-refractivity contribution in [3.8, 4) is 11.5 Å². The Kier molecular flexibility index (Phi) is 10.3. The van der Waals surface area contributed by atoms with Gasteiger partial charge >= 0.3 is 0 Å². The number of aryl methyl sites for hydroxylation is 1. The number of aromatic nitrogens is 2. The summed E-state index contributed by atoms with van der Waals surface area (Å²) >= 11 is 0. The monoisotopic (exact) mass is 623 g/mol. The van der Waals surface area contributed by atoms with Crippen LogP contribution in [0.4, 0.5) is 10.1 Å². The summed E-state index contributed by atoms with van der Waals surface area (Å²) < 4.78 is 26.0. The van der Waals surface area contributed by atoms with Gasteiger partial charge in [0, 0.05) is 34.6 Å². The van der Waals surface area contributed by atoms with Gasteiger partial charge in [0.15, 0.2) is 0 Å². The number of aromatic amines is 1. The molecular weight excluding hydrogens is 577 g/mol. The summed E-state index contributed by atoms with van der Waals surface area (Å²) in [5, 5.41) is 3.29. The molecule has 1 aliphatic heterocycles. The van der Waals surface area contributed by atoms with E-state index in [4.69, 9.17) is 9.47 Å². The Bertz CT molecular complexity index is 1630. The Labute approximate surface area is 272 Å². The van der Waals surface area contributed by atoms with E-state index in [-0.39, 0.29) is 17.8 Å². The lowest BCUT2D eigenvalue weighted by molar-refractivity contribution is -0.124. The molecule has 242 valence electrons. The predicted octanol–water partition coefficient (Wildman–Crippen LogP) is 9.55. The van der Waals surface area contributed by atoms with Crippen molar-refractivity contribution in [3.05, 3.63) is 107 Å². The van der Waals surface area contributed by atoms with Gasteiger partial charge in [-0.15, -0.1) is 0 Å². The molecule has 7 heteroatoms. The van der Waals surface area contributed by atoms with Gasteiger partial charge in [-0.25, -0.2) is 9.37 Å². The molecule has 4 aromatic rings. The molecule has 2 N–H and O–H groups in total. The highest BCUT2D eigenvalue weighted by Gasteiger charge is 2.29. The summed E-state index contributed by atoms with van der Waals surface area (Å²) in [5.41, 5.74) is 5.67. The summed E-state index contributed by atoms with van der Waals surface area (Å²) in [6, 6.07) is 18.8. The fraction of sp³-hybridized carbons (Fsp3) is 0.385. The van der Waals surface area contributed by atoms with Gasteiger partial charge < -0.3 is 19.8 Å². The van der Waals surface area contributed by atoms with E-state index < -0.39 is 5.41 Å². The van der Waals surface area contributed by atoms with Crippen molar-refractivity contribution >= 4 is 23.2 Å². The number of carbonyl (C=O) groups excluding carboxylic acids is 1. The Balaban J connectivity index is 1.21. The Morgan fingerprint density at radius 1 is 1.04 bits per heavy atom. The zero-order valence-electron chi connectivity index (χ0n) is 27.8. The number of anilines is 1. The molecule has 0 radical (unpaired) electrons. The average molecular weight is 624 g/mol. The molecule has 2 heterocycles. The van der Waals surface area contributed by atoms with Gasteiger partial charge in [-0.1, -0.05) is 71.9 Å². The third kappa shape index (κ3) is 7.87. The predicted molar refractivity (Wildman–Crippen MR) is 184 cm³/mol. The van der Waals surface area contributed by atoms with Crippen molar-refractivity contribution in [1.29, 1.82) is 0 Å². The number of fused-ring (bicyclic) bond motifs is 1. The van der Waals surface area contributed by atoms with Crippen LogP contribution in [0, 0.1) is 11.2 Å². The summed E-state index contributed by atoms with van der Waals surface area (Å²) in [4.78, 5) is 21.2. The Hall–Kier alpha value is -4.39. The zero-order chi connectivity index (χ0) is 32.8. The van der Waals surface area contributed by atoms with Crippen LogP contribution in [0.1, 0.15) is 101 Å². The number of para-hydroxylation sites is 1. The van der Waals surface area contributed by atoms with E-state index in [0.29, 0.717) is 24.9 Å². The fourth-order valence-corrected chi connectivity index (χ4v) is 5.92. The van der Waals surface area contributed by atoms with Crippen LogP contribution in [0.15, 0.2) is 73.1 Å². The molecule has 6 nitrogen and oxygen atoms in total. The zero-order valence-corrected chi connectivity index (χ0v) is 27.8. The van der Waals surface area contributed by atoms with Crippen LogP contribution in [0.3, 0.4) is 0 Å². The number of hydrogen-bond donors (Lipinski definition) is 2. The van der Waals surface area contributed by atoms with Crippen molar-refractivity contribution in [2.24, 2.45) is 5.41 Å². The van der Waals surface area contributed by atoms with Crippen LogP contribution < -0.4 is 14.8 Å². The number of nitrogens with zero attached hydrogens (tertiary/aromatic N) is 1. The van der Waals surface area contributed by atoms with Gasteiger partial charge in [0.2, 0.25) is 5.91 Å². The lowest BCUT2D eigenvalue weighted by Crippen LogP contribution is -2.32. The number of ether oxygens (including phenoxy) is 2. The lowest BCUT2D eigenvalue weighted by atomic mass is 9.86. The maximum atomic E-state index is 13.5. The second-order valence-corrected chi connectivity index (χ2v) is 13.4. The largest absolute Gasteiger partial charge is 0.494 e. The molecule has 0 saturated carbocycles. The van der Waals surface area contributed by atoms with E-state index in [1.807, 2.05) is 44.2 Å². The maximum Gasteiger partial charge on any atom is 0.230 e. The SMILES string of the molecule is CC(C)c1cccc(C(C)C)c1NC(=O)C(C)(C)CCCOc1ccc2c(c1)C=C(c1ncc[nH]1)C(CCc1ccc(F)cc1)O2. The van der Waals surface area contributed by atoms with Crippen molar-refractivity contribution in [3.63, 3.8) is 0 Å². The van der Waals surface area contributed by atoms with Gasteiger partial charge in [0.25, 0.3) is 0 Å². The van der Waals surface area contributed by atoms with Crippen LogP contribution in [0.25, 0.3) is 11.6 Å². The quantitative estimate of drug-likeness (QED) is 0.145. The first-order chi connectivity index (χ1) is 22.0. The molecule has 0 aliphatic carbocycles. The standard InChI is InChI=1S/C39H46FN3O3/c1-25(2)31-9-7-10-32(26(3)4)36(31)43-38(44)39(5,6)19-8-22-45-30-16-18-34-28(23-30)24-33(37-41-20-21-42-37)35(46-34)17-13-27-11-14-29(40)15-12-27/h7,9-12,14-16,18,20-21,23-26,35H,8,13,17,19,22H2,1-6H3,(H,41,42)(H,43,44). The molecule has 1 unspecified atom stereocenters. The second kappa shape index (κ2) is 14.4. The van der Waals surface area contributed by atoms with E-state index >= 15 is 0 Å². The molecule has 46 heavy (non-hydrogen) atoms. The summed E-state index contributed by atoms with van der Waals surface area (Å²) in [5.74, 6) is 2.70. The third-order valence-electron chi connectivity index (χ3n) is 8.73. The minimum atomic E-state index is -0.561. The number of carbonyl (C=O) groups is 1. The minimum absolute atomic E-state index is 0.0259. The molecule has 0 bridgehead atoms. The van der Waals surface area contributed by atoms with E-state index in [1.165, 1.54) is 23.3 Å². The van der Waals surface area contributed by atoms with Gasteiger partial charge in [-0.2, -0.15) is 0 Å². The number of benzene rings is 3. The first-order valence-corrected chi connectivity index (χ1v) is 16.4. The fourth-order valence-electron chi connectivity index (χ4n) is 5.92. The maximum absolute atomic E-state index is 13.5. The third-order valence-corrected chi connectivity index (χ3v) is 8.73. The van der Waals surface area contributed by atoms with Crippen molar-refractivity contribution in [2.45, 2.75) is 85.2 Å². The molecule has 5 rings (SSSR count). The van der Waals surface area contributed by atoms with Crippen molar-refractivity contribution < 1.29 is 18.7 Å². The van der Waals surface area contributed by atoms with Crippen LogP contribution in [-0.4, -0.2) is 28.6 Å². The number of rotatable bonds is 13. The Morgan fingerprint density at radius 3 is 2.41 bits per heavy atom. The van der Waals surface area contributed by atoms with E-state index in [1.54, 1.807) is 12.4 Å². The molecule has 0 saturated heterocycles. The first-order valence-electron chi connectivity index (χ1n) is 16.4. The summed E-state index contributed by atoms with van der Waals surface area (Å²) in [6.07, 6.45) is 8.33. The normalized spacial score (nSPS) is 14.5. The van der Waals surface area contributed by atoms with Crippen LogP contribution in [0.5, 0.6) is 11.5 Å². The Morgan fingerprint density at radius 2 is 1.76 bits per heavy atom. The molecule has 1 amide bonds. The smallest absolute Gasteiger partial charge is 0.230 e. The number of H-pyrrole nitrogens is 1. The molecule has 1 atom stereocenters. The average Bonchev–Trinajstić information content (AvgIpc) is 3.57. The van der Waals surface area contributed by atoms with Crippen molar-refractivity contribution in [2.75, 3.05) is 11.9 Å². The van der Waals surface area contributed by atoms with Gasteiger partial charge in [0.1, 0.15) is 29.2 Å². The molecule has 3 aromatic carbocycles. The lowest BCUT2D eigenvalue weighted by Gasteiger charge is -2.27. The molecule has 1 aliphatic rings. The number of nitrogens with one attached hydrogen (secondary N) is 2. The van der Waals surface area contributed by atoms with Gasteiger partial charge in [-0.3, -0.25) is 4.79 Å². The number of hydrogen-bond acceptors (Lipinski definition) is 4. The molecule has 1 aromatic heterocycles. The topological polar surface area (TPSA) is 76.2 Å². The van der Waals surface area contributed by atoms with E-state index in [2.05, 4.69) is 67.3 Å². The summed E-state index contributed by atoms with van der Waals surface area (Å²) in [7, 11) is 0. The van der Waals surface area contributed by atoms with Crippen LogP contribution in [0.2, 0.25) is 0 Å². The van der Waals surface area contributed by atoms with Crippen LogP contribution in [-0.2, 0) is 11.2 Å². The first kappa shape index (κ1) is 33.0. The molecule has 0 spiro atoms. The molecular formula is C39H46FN3O3. The van der Waals surface area contributed by atoms with E-state index in [0.717, 1.165) is 59.0 Å². The van der Waals surface area contributed by atoms with E-state index in [9.17, 15) is 9.18 Å². The highest BCUT2D eigenvalue weighted by atomic mass is 19.1. The van der Waals surface area contributed by atoms with Gasteiger partial charge in [0.05, 0.1) is 6.61 Å². The van der Waals surface area contributed by atoms with Gasteiger partial charge in [-0.05, 0) is 90.6 Å².